The number of nitrogens with zero attached hydrogens (tertiary/aromatic N) is 1. The maximum Gasteiger partial charge on any atom is 0.293 e. The van der Waals surface area contributed by atoms with Gasteiger partial charge in [-0.1, -0.05) is 24.3 Å². The summed E-state index contributed by atoms with van der Waals surface area (Å²) >= 11 is 2.98. The molecule has 2 aromatic rings. The van der Waals surface area contributed by atoms with Crippen LogP contribution in [-0.4, -0.2) is 11.0 Å². The highest BCUT2D eigenvalue weighted by Crippen LogP contribution is 2.33. The summed E-state index contributed by atoms with van der Waals surface area (Å²) in [4.78, 5) is 10.6. The first kappa shape index (κ1) is 14.0. The molecule has 1 N–H and O–H groups in total. The van der Waals surface area contributed by atoms with Gasteiger partial charge in [-0.2, -0.15) is 0 Å². The molecular formula is C15H12BrFN2O2. The lowest BCUT2D eigenvalue weighted by Crippen LogP contribution is -2.20. The summed E-state index contributed by atoms with van der Waals surface area (Å²) in [5, 5.41) is 14.2. The van der Waals surface area contributed by atoms with Gasteiger partial charge in [0, 0.05) is 18.2 Å². The highest BCUT2D eigenvalue weighted by molar-refractivity contribution is 9.10. The maximum atomic E-state index is 13.7. The topological polar surface area (TPSA) is 55.2 Å². The average molecular weight is 351 g/mol. The summed E-state index contributed by atoms with van der Waals surface area (Å²) in [6.07, 6.45) is 1.57. The molecule has 0 fully saturated rings. The van der Waals surface area contributed by atoms with Gasteiger partial charge in [0.2, 0.25) is 0 Å². The normalized spacial score (nSPS) is 14.0. The summed E-state index contributed by atoms with van der Waals surface area (Å²) in [5.74, 6) is -0.515. The number of nitro groups is 1. The van der Waals surface area contributed by atoms with Crippen molar-refractivity contribution >= 4 is 27.3 Å². The average Bonchev–Trinajstić information content (AvgIpc) is 2.84. The van der Waals surface area contributed by atoms with Crippen LogP contribution in [0.15, 0.2) is 40.9 Å². The predicted octanol–water partition coefficient (Wildman–Crippen LogP) is 4.08. The van der Waals surface area contributed by atoms with E-state index in [2.05, 4.69) is 21.2 Å². The molecule has 0 saturated heterocycles. The van der Waals surface area contributed by atoms with Crippen LogP contribution in [0.4, 0.5) is 15.8 Å². The number of nitro benzene ring substituents is 1. The Hall–Kier alpha value is -1.95. The third-order valence-corrected chi connectivity index (χ3v) is 4.25. The Morgan fingerprint density at radius 2 is 1.86 bits per heavy atom. The van der Waals surface area contributed by atoms with E-state index in [1.165, 1.54) is 23.3 Å². The van der Waals surface area contributed by atoms with Gasteiger partial charge < -0.3 is 5.32 Å². The molecule has 0 amide bonds. The van der Waals surface area contributed by atoms with Gasteiger partial charge in [0.25, 0.3) is 5.69 Å². The molecule has 0 saturated carbocycles. The van der Waals surface area contributed by atoms with Crippen LogP contribution in [0, 0.1) is 15.9 Å². The van der Waals surface area contributed by atoms with Crippen molar-refractivity contribution < 1.29 is 9.31 Å². The Morgan fingerprint density at radius 1 is 1.24 bits per heavy atom. The molecule has 21 heavy (non-hydrogen) atoms. The maximum absolute atomic E-state index is 13.7. The molecule has 0 aliphatic heterocycles. The van der Waals surface area contributed by atoms with E-state index < -0.39 is 10.7 Å². The molecule has 0 unspecified atom stereocenters. The van der Waals surface area contributed by atoms with E-state index in [1.54, 1.807) is 0 Å². The van der Waals surface area contributed by atoms with Crippen molar-refractivity contribution in [2.75, 3.05) is 5.32 Å². The molecule has 1 aliphatic carbocycles. The second-order valence-corrected chi connectivity index (χ2v) is 5.91. The summed E-state index contributed by atoms with van der Waals surface area (Å²) in [5.41, 5.74) is 2.56. The second-order valence-electron chi connectivity index (χ2n) is 5.06. The first-order chi connectivity index (χ1) is 10.0. The Morgan fingerprint density at radius 3 is 2.43 bits per heavy atom. The van der Waals surface area contributed by atoms with Crippen molar-refractivity contribution in [2.24, 2.45) is 0 Å². The van der Waals surface area contributed by atoms with Gasteiger partial charge in [0.05, 0.1) is 9.40 Å². The standard InChI is InChI=1S/C15H12BrFN2O2/c16-12-7-15(19(20)21)14(8-13(12)17)18-11-5-9-3-1-2-4-10(9)6-11/h1-4,7-8,11,18H,5-6H2. The van der Waals surface area contributed by atoms with Crippen molar-refractivity contribution in [1.82, 2.24) is 0 Å². The molecule has 6 heteroatoms. The molecule has 108 valence electrons. The first-order valence-electron chi connectivity index (χ1n) is 6.51. The van der Waals surface area contributed by atoms with Crippen LogP contribution in [-0.2, 0) is 12.8 Å². The second kappa shape index (κ2) is 5.44. The zero-order valence-corrected chi connectivity index (χ0v) is 12.6. The molecule has 2 aromatic carbocycles. The largest absolute Gasteiger partial charge is 0.376 e. The summed E-state index contributed by atoms with van der Waals surface area (Å²) < 4.78 is 13.7. The number of hydrogen-bond donors (Lipinski definition) is 1. The van der Waals surface area contributed by atoms with Gasteiger partial charge in [-0.3, -0.25) is 10.1 Å². The number of fused-ring (bicyclic) bond motifs is 1. The third kappa shape index (κ3) is 2.76. The molecule has 1 aliphatic rings. The van der Waals surface area contributed by atoms with Crippen molar-refractivity contribution in [2.45, 2.75) is 18.9 Å². The highest BCUT2D eigenvalue weighted by Gasteiger charge is 2.24. The van der Waals surface area contributed by atoms with Crippen LogP contribution in [0.5, 0.6) is 0 Å². The van der Waals surface area contributed by atoms with Crippen LogP contribution in [0.1, 0.15) is 11.1 Å². The van der Waals surface area contributed by atoms with Crippen LogP contribution in [0.25, 0.3) is 0 Å². The Bertz CT molecular complexity index is 696. The fourth-order valence-corrected chi connectivity index (χ4v) is 3.02. The van der Waals surface area contributed by atoms with E-state index in [9.17, 15) is 14.5 Å². The number of benzene rings is 2. The van der Waals surface area contributed by atoms with E-state index in [0.717, 1.165) is 12.8 Å². The van der Waals surface area contributed by atoms with Crippen LogP contribution >= 0.6 is 15.9 Å². The highest BCUT2D eigenvalue weighted by atomic mass is 79.9. The third-order valence-electron chi connectivity index (χ3n) is 3.65. The number of halogens is 2. The Balaban J connectivity index is 1.86. The Labute approximate surface area is 129 Å². The molecule has 0 spiro atoms. The summed E-state index contributed by atoms with van der Waals surface area (Å²) in [6.45, 7) is 0. The van der Waals surface area contributed by atoms with Crippen LogP contribution < -0.4 is 5.32 Å². The quantitative estimate of drug-likeness (QED) is 0.670. The first-order valence-corrected chi connectivity index (χ1v) is 7.30. The number of anilines is 1. The van der Waals surface area contributed by atoms with E-state index in [4.69, 9.17) is 0 Å². The van der Waals surface area contributed by atoms with Gasteiger partial charge in [-0.25, -0.2) is 4.39 Å². The summed E-state index contributed by atoms with van der Waals surface area (Å²) in [7, 11) is 0. The fourth-order valence-electron chi connectivity index (χ4n) is 2.68. The molecule has 0 aromatic heterocycles. The lowest BCUT2D eigenvalue weighted by molar-refractivity contribution is -0.384. The Kier molecular flexibility index (Phi) is 3.63. The van der Waals surface area contributed by atoms with Crippen LogP contribution in [0.3, 0.4) is 0 Å². The minimum Gasteiger partial charge on any atom is -0.376 e. The molecule has 4 nitrogen and oxygen atoms in total. The van der Waals surface area contributed by atoms with Crippen LogP contribution in [0.2, 0.25) is 0 Å². The monoisotopic (exact) mass is 350 g/mol. The molecule has 0 atom stereocenters. The molecule has 0 bridgehead atoms. The summed E-state index contributed by atoms with van der Waals surface area (Å²) in [6, 6.07) is 10.5. The zero-order valence-electron chi connectivity index (χ0n) is 11.0. The predicted molar refractivity (Wildman–Crippen MR) is 82.0 cm³/mol. The van der Waals surface area contributed by atoms with Gasteiger partial charge in [-0.15, -0.1) is 0 Å². The minimum absolute atomic E-state index is 0.0432. The number of nitrogens with one attached hydrogen (secondary N) is 1. The van der Waals surface area contributed by atoms with Crippen molar-refractivity contribution in [3.05, 3.63) is 67.9 Å². The van der Waals surface area contributed by atoms with E-state index in [1.807, 2.05) is 24.3 Å². The van der Waals surface area contributed by atoms with Crippen molar-refractivity contribution in [3.8, 4) is 0 Å². The molecule has 0 heterocycles. The van der Waals surface area contributed by atoms with E-state index in [-0.39, 0.29) is 21.9 Å². The smallest absolute Gasteiger partial charge is 0.293 e. The number of rotatable bonds is 3. The SMILES string of the molecule is O=[N+]([O-])c1cc(Br)c(F)cc1NC1Cc2ccccc2C1. The van der Waals surface area contributed by atoms with E-state index in [0.29, 0.717) is 0 Å². The van der Waals surface area contributed by atoms with Crippen molar-refractivity contribution in [3.63, 3.8) is 0 Å². The minimum atomic E-state index is -0.515. The van der Waals surface area contributed by atoms with Gasteiger partial charge in [-0.05, 0) is 39.9 Å². The van der Waals surface area contributed by atoms with Gasteiger partial charge in [0.1, 0.15) is 11.5 Å². The lowest BCUT2D eigenvalue weighted by Gasteiger charge is -2.14. The van der Waals surface area contributed by atoms with Gasteiger partial charge >= 0.3 is 0 Å². The van der Waals surface area contributed by atoms with E-state index >= 15 is 0 Å². The number of hydrogen-bond acceptors (Lipinski definition) is 3. The van der Waals surface area contributed by atoms with Crippen molar-refractivity contribution in [1.29, 1.82) is 0 Å². The fraction of sp³-hybridized carbons (Fsp3) is 0.200. The lowest BCUT2D eigenvalue weighted by atomic mass is 10.1. The molecular weight excluding hydrogens is 339 g/mol. The zero-order chi connectivity index (χ0) is 15.0. The molecule has 0 radical (unpaired) electrons. The molecule has 3 rings (SSSR count). The van der Waals surface area contributed by atoms with Gasteiger partial charge in [0.15, 0.2) is 0 Å².